The van der Waals surface area contributed by atoms with Crippen LogP contribution in [0.4, 0.5) is 13.2 Å². The summed E-state index contributed by atoms with van der Waals surface area (Å²) < 4.78 is 37.3. The normalized spacial score (nSPS) is 11.3. The van der Waals surface area contributed by atoms with Gasteiger partial charge in [0.1, 0.15) is 0 Å². The van der Waals surface area contributed by atoms with Crippen LogP contribution in [0, 0.1) is 0 Å². The van der Waals surface area contributed by atoms with E-state index in [-0.39, 0.29) is 17.0 Å². The molecular formula is C12H10ClF3O. The molecule has 0 saturated carbocycles. The van der Waals surface area contributed by atoms with E-state index in [0.717, 1.165) is 18.2 Å². The van der Waals surface area contributed by atoms with Crippen molar-refractivity contribution in [3.8, 4) is 0 Å². The quantitative estimate of drug-likeness (QED) is 0.576. The van der Waals surface area contributed by atoms with E-state index in [1.54, 1.807) is 0 Å². The largest absolute Gasteiger partial charge is 0.416 e. The fraction of sp³-hybridized carbons (Fsp3) is 0.250. The van der Waals surface area contributed by atoms with Gasteiger partial charge in [0.15, 0.2) is 5.78 Å². The van der Waals surface area contributed by atoms with Crippen LogP contribution >= 0.6 is 11.6 Å². The maximum Gasteiger partial charge on any atom is 0.416 e. The van der Waals surface area contributed by atoms with Gasteiger partial charge in [0, 0.05) is 12.0 Å². The minimum atomic E-state index is -4.47. The minimum absolute atomic E-state index is 0.0343. The Morgan fingerprint density at radius 1 is 1.41 bits per heavy atom. The Morgan fingerprint density at radius 3 is 2.59 bits per heavy atom. The summed E-state index contributed by atoms with van der Waals surface area (Å²) in [7, 11) is 0. The topological polar surface area (TPSA) is 17.1 Å². The number of allylic oxidation sites excluding steroid dienone is 1. The maximum absolute atomic E-state index is 12.4. The fourth-order valence-electron chi connectivity index (χ4n) is 1.28. The van der Waals surface area contributed by atoms with Crippen molar-refractivity contribution in [2.45, 2.75) is 19.0 Å². The smallest absolute Gasteiger partial charge is 0.294 e. The average Bonchev–Trinajstić information content (AvgIpc) is 2.24. The van der Waals surface area contributed by atoms with Crippen molar-refractivity contribution in [2.75, 3.05) is 0 Å². The molecule has 92 valence electrons. The van der Waals surface area contributed by atoms with Gasteiger partial charge in [0.2, 0.25) is 0 Å². The van der Waals surface area contributed by atoms with Crippen molar-refractivity contribution in [1.82, 2.24) is 0 Å². The van der Waals surface area contributed by atoms with Crippen LogP contribution in [-0.4, -0.2) is 5.78 Å². The van der Waals surface area contributed by atoms with Gasteiger partial charge in [-0.25, -0.2) is 0 Å². The van der Waals surface area contributed by atoms with Crippen molar-refractivity contribution < 1.29 is 18.0 Å². The van der Waals surface area contributed by atoms with Crippen LogP contribution in [0.2, 0.25) is 5.02 Å². The molecule has 0 spiro atoms. The molecule has 0 aliphatic rings. The summed E-state index contributed by atoms with van der Waals surface area (Å²) in [5.41, 5.74) is -0.966. The van der Waals surface area contributed by atoms with Crippen molar-refractivity contribution in [3.63, 3.8) is 0 Å². The Balaban J connectivity index is 3.06. The third-order valence-corrected chi connectivity index (χ3v) is 2.50. The van der Waals surface area contributed by atoms with Crippen LogP contribution in [-0.2, 0) is 6.18 Å². The molecule has 0 heterocycles. The first-order valence-electron chi connectivity index (χ1n) is 4.87. The summed E-state index contributed by atoms with van der Waals surface area (Å²) >= 11 is 5.71. The summed E-state index contributed by atoms with van der Waals surface area (Å²) in [5, 5.41) is 0.0343. The lowest BCUT2D eigenvalue weighted by Gasteiger charge is -2.09. The number of halogens is 4. The van der Waals surface area contributed by atoms with Crippen molar-refractivity contribution >= 4 is 17.4 Å². The Morgan fingerprint density at radius 2 is 2.06 bits per heavy atom. The molecule has 0 fully saturated rings. The summed E-state index contributed by atoms with van der Waals surface area (Å²) in [6, 6.07) is 2.73. The highest BCUT2D eigenvalue weighted by Crippen LogP contribution is 2.32. The highest BCUT2D eigenvalue weighted by molar-refractivity contribution is 6.34. The van der Waals surface area contributed by atoms with E-state index in [9.17, 15) is 18.0 Å². The second-order valence-electron chi connectivity index (χ2n) is 3.44. The molecular weight excluding hydrogens is 253 g/mol. The molecule has 17 heavy (non-hydrogen) atoms. The van der Waals surface area contributed by atoms with E-state index in [1.165, 1.54) is 6.08 Å². The molecule has 1 aromatic carbocycles. The van der Waals surface area contributed by atoms with Gasteiger partial charge in [-0.3, -0.25) is 4.79 Å². The third kappa shape index (κ3) is 3.60. The number of rotatable bonds is 4. The Hall–Kier alpha value is -1.29. The average molecular weight is 263 g/mol. The van der Waals surface area contributed by atoms with Gasteiger partial charge in [-0.15, -0.1) is 6.58 Å². The molecule has 0 radical (unpaired) electrons. The first-order valence-corrected chi connectivity index (χ1v) is 5.25. The lowest BCUT2D eigenvalue weighted by Crippen LogP contribution is -2.08. The highest BCUT2D eigenvalue weighted by atomic mass is 35.5. The van der Waals surface area contributed by atoms with Crippen LogP contribution < -0.4 is 0 Å². The van der Waals surface area contributed by atoms with Gasteiger partial charge in [0.05, 0.1) is 10.6 Å². The van der Waals surface area contributed by atoms with Crippen molar-refractivity contribution in [1.29, 1.82) is 0 Å². The van der Waals surface area contributed by atoms with E-state index in [0.29, 0.717) is 6.42 Å². The standard InChI is InChI=1S/C12H10ClF3O/c1-2-3-4-11(17)9-7-8(12(14,15)16)5-6-10(9)13/h2,5-7H,1,3-4H2. The summed E-state index contributed by atoms with van der Waals surface area (Å²) in [6.07, 6.45) is -2.44. The number of benzene rings is 1. The zero-order chi connectivity index (χ0) is 13.1. The molecule has 0 aromatic heterocycles. The van der Waals surface area contributed by atoms with E-state index in [1.807, 2.05) is 0 Å². The molecule has 5 heteroatoms. The molecule has 0 unspecified atom stereocenters. The van der Waals surface area contributed by atoms with E-state index in [2.05, 4.69) is 6.58 Å². The molecule has 1 aromatic rings. The molecule has 0 amide bonds. The molecule has 0 aliphatic heterocycles. The number of carbonyl (C=O) groups is 1. The van der Waals surface area contributed by atoms with Crippen LogP contribution in [0.25, 0.3) is 0 Å². The zero-order valence-electron chi connectivity index (χ0n) is 8.85. The molecule has 0 atom stereocenters. The predicted octanol–water partition coefficient (Wildman–Crippen LogP) is 4.51. The SMILES string of the molecule is C=CCCC(=O)c1cc(C(F)(F)F)ccc1Cl. The highest BCUT2D eigenvalue weighted by Gasteiger charge is 2.31. The molecule has 0 N–H and O–H groups in total. The van der Waals surface area contributed by atoms with E-state index in [4.69, 9.17) is 11.6 Å². The van der Waals surface area contributed by atoms with Gasteiger partial charge in [-0.05, 0) is 24.6 Å². The molecule has 1 rings (SSSR count). The minimum Gasteiger partial charge on any atom is -0.294 e. The van der Waals surface area contributed by atoms with Crippen LogP contribution in [0.15, 0.2) is 30.9 Å². The Bertz CT molecular complexity index is 438. The predicted molar refractivity (Wildman–Crippen MR) is 60.2 cm³/mol. The van der Waals surface area contributed by atoms with Gasteiger partial charge < -0.3 is 0 Å². The van der Waals surface area contributed by atoms with Gasteiger partial charge in [0.25, 0.3) is 0 Å². The van der Waals surface area contributed by atoms with E-state index >= 15 is 0 Å². The number of hydrogen-bond acceptors (Lipinski definition) is 1. The first-order chi connectivity index (χ1) is 7.86. The van der Waals surface area contributed by atoms with Gasteiger partial charge in [-0.2, -0.15) is 13.2 Å². The van der Waals surface area contributed by atoms with Crippen LogP contribution in [0.1, 0.15) is 28.8 Å². The molecule has 0 saturated heterocycles. The number of Topliss-reactive ketones (excluding diaryl/α,β-unsaturated/α-hetero) is 1. The monoisotopic (exact) mass is 262 g/mol. The lowest BCUT2D eigenvalue weighted by molar-refractivity contribution is -0.137. The second kappa shape index (κ2) is 5.36. The molecule has 0 bridgehead atoms. The van der Waals surface area contributed by atoms with Gasteiger partial charge >= 0.3 is 6.18 Å². The second-order valence-corrected chi connectivity index (χ2v) is 3.85. The van der Waals surface area contributed by atoms with Crippen LogP contribution in [0.3, 0.4) is 0 Å². The maximum atomic E-state index is 12.4. The number of ketones is 1. The third-order valence-electron chi connectivity index (χ3n) is 2.17. The first kappa shape index (κ1) is 13.8. The fourth-order valence-corrected chi connectivity index (χ4v) is 1.51. The van der Waals surface area contributed by atoms with Crippen LogP contribution in [0.5, 0.6) is 0 Å². The number of hydrogen-bond donors (Lipinski definition) is 0. The molecule has 0 aliphatic carbocycles. The number of alkyl halides is 3. The van der Waals surface area contributed by atoms with Crippen molar-refractivity contribution in [2.24, 2.45) is 0 Å². The van der Waals surface area contributed by atoms with E-state index < -0.39 is 17.5 Å². The lowest BCUT2D eigenvalue weighted by atomic mass is 10.0. The van der Waals surface area contributed by atoms with Crippen molar-refractivity contribution in [3.05, 3.63) is 47.0 Å². The van der Waals surface area contributed by atoms with Gasteiger partial charge in [-0.1, -0.05) is 17.7 Å². The molecule has 1 nitrogen and oxygen atoms in total. The summed E-state index contributed by atoms with van der Waals surface area (Å²) in [4.78, 5) is 11.6. The summed E-state index contributed by atoms with van der Waals surface area (Å²) in [6.45, 7) is 3.44. The Kier molecular flexibility index (Phi) is 4.34. The zero-order valence-corrected chi connectivity index (χ0v) is 9.61. The Labute approximate surface area is 102 Å². The summed E-state index contributed by atoms with van der Waals surface area (Å²) in [5.74, 6) is -0.416. The number of carbonyl (C=O) groups excluding carboxylic acids is 1.